The monoisotopic (exact) mass is 350 g/mol. The van der Waals surface area contributed by atoms with E-state index in [0.29, 0.717) is 12.5 Å². The third-order valence-corrected chi connectivity index (χ3v) is 4.55. The number of nitrogens with zero attached hydrogens (tertiary/aromatic N) is 1. The minimum absolute atomic E-state index is 0.147. The fourth-order valence-electron chi connectivity index (χ4n) is 2.96. The Labute approximate surface area is 152 Å². The lowest BCUT2D eigenvalue weighted by molar-refractivity contribution is 0.236. The van der Waals surface area contributed by atoms with E-state index in [1.54, 1.807) is 7.11 Å². The van der Waals surface area contributed by atoms with Crippen LogP contribution in [0.25, 0.3) is 11.0 Å². The number of fused-ring (bicyclic) bond motifs is 1. The van der Waals surface area contributed by atoms with Gasteiger partial charge >= 0.3 is 6.03 Å². The lowest BCUT2D eigenvalue weighted by Gasteiger charge is -2.17. The third-order valence-electron chi connectivity index (χ3n) is 4.55. The Morgan fingerprint density at radius 2 is 2.00 bits per heavy atom. The van der Waals surface area contributed by atoms with Crippen LogP contribution in [0.4, 0.5) is 4.79 Å². The maximum absolute atomic E-state index is 12.3. The Morgan fingerprint density at radius 1 is 1.23 bits per heavy atom. The highest BCUT2D eigenvalue weighted by atomic mass is 16.5. The molecule has 4 rings (SSSR count). The maximum atomic E-state index is 12.3. The minimum Gasteiger partial charge on any atom is -0.497 e. The number of nitrogens with one attached hydrogen (secondary N) is 3. The summed E-state index contributed by atoms with van der Waals surface area (Å²) in [7, 11) is 1.65. The highest BCUT2D eigenvalue weighted by molar-refractivity contribution is 5.76. The highest BCUT2D eigenvalue weighted by Gasteiger charge is 2.25. The predicted octanol–water partition coefficient (Wildman–Crippen LogP) is 3.32. The zero-order chi connectivity index (χ0) is 17.9. The SMILES string of the molecule is COc1ccc(C[C@@H](NC(=O)NC2CC2)c2nc3ccccc3[nH]2)cc1. The van der Waals surface area contributed by atoms with Gasteiger partial charge in [0.2, 0.25) is 0 Å². The van der Waals surface area contributed by atoms with Crippen molar-refractivity contribution in [1.82, 2.24) is 20.6 Å². The summed E-state index contributed by atoms with van der Waals surface area (Å²) in [6, 6.07) is 15.7. The molecular weight excluding hydrogens is 328 g/mol. The molecule has 0 unspecified atom stereocenters. The molecule has 1 heterocycles. The van der Waals surface area contributed by atoms with E-state index in [-0.39, 0.29) is 12.1 Å². The van der Waals surface area contributed by atoms with Crippen LogP contribution < -0.4 is 15.4 Å². The summed E-state index contributed by atoms with van der Waals surface area (Å²) >= 11 is 0. The smallest absolute Gasteiger partial charge is 0.315 e. The van der Waals surface area contributed by atoms with E-state index < -0.39 is 0 Å². The van der Waals surface area contributed by atoms with Crippen molar-refractivity contribution in [2.24, 2.45) is 0 Å². The summed E-state index contributed by atoms with van der Waals surface area (Å²) in [6.07, 6.45) is 2.75. The zero-order valence-electron chi connectivity index (χ0n) is 14.7. The van der Waals surface area contributed by atoms with Gasteiger partial charge in [0.1, 0.15) is 11.6 Å². The second kappa shape index (κ2) is 7.07. The van der Waals surface area contributed by atoms with Gasteiger partial charge in [0.05, 0.1) is 24.2 Å². The molecule has 1 saturated carbocycles. The summed E-state index contributed by atoms with van der Waals surface area (Å²) in [6.45, 7) is 0. The molecule has 134 valence electrons. The number of benzene rings is 2. The molecule has 6 heteroatoms. The number of H-pyrrole nitrogens is 1. The topological polar surface area (TPSA) is 79.0 Å². The predicted molar refractivity (Wildman–Crippen MR) is 100 cm³/mol. The first-order valence-electron chi connectivity index (χ1n) is 8.86. The molecule has 26 heavy (non-hydrogen) atoms. The van der Waals surface area contributed by atoms with Gasteiger partial charge in [-0.15, -0.1) is 0 Å². The number of imidazole rings is 1. The van der Waals surface area contributed by atoms with Crippen LogP contribution in [0.3, 0.4) is 0 Å². The van der Waals surface area contributed by atoms with E-state index in [4.69, 9.17) is 4.74 Å². The lowest BCUT2D eigenvalue weighted by Crippen LogP contribution is -2.40. The summed E-state index contributed by atoms with van der Waals surface area (Å²) in [5.74, 6) is 1.57. The molecule has 1 aliphatic carbocycles. The van der Waals surface area contributed by atoms with Crippen molar-refractivity contribution in [3.8, 4) is 5.75 Å². The molecule has 3 aromatic rings. The number of urea groups is 1. The van der Waals surface area contributed by atoms with Crippen molar-refractivity contribution in [2.75, 3.05) is 7.11 Å². The highest BCUT2D eigenvalue weighted by Crippen LogP contribution is 2.22. The maximum Gasteiger partial charge on any atom is 0.315 e. The van der Waals surface area contributed by atoms with Gasteiger partial charge in [-0.1, -0.05) is 24.3 Å². The number of methoxy groups -OCH3 is 1. The van der Waals surface area contributed by atoms with E-state index in [9.17, 15) is 4.79 Å². The van der Waals surface area contributed by atoms with Crippen LogP contribution in [-0.4, -0.2) is 29.2 Å². The molecule has 3 N–H and O–H groups in total. The van der Waals surface area contributed by atoms with Crippen LogP contribution >= 0.6 is 0 Å². The number of hydrogen-bond acceptors (Lipinski definition) is 3. The van der Waals surface area contributed by atoms with Crippen LogP contribution in [0, 0.1) is 0 Å². The number of aromatic nitrogens is 2. The van der Waals surface area contributed by atoms with Crippen molar-refractivity contribution < 1.29 is 9.53 Å². The first kappa shape index (κ1) is 16.4. The molecular formula is C20H22N4O2. The largest absolute Gasteiger partial charge is 0.497 e. The van der Waals surface area contributed by atoms with Gasteiger partial charge in [-0.2, -0.15) is 0 Å². The van der Waals surface area contributed by atoms with Gasteiger partial charge in [0, 0.05) is 6.04 Å². The van der Waals surface area contributed by atoms with Crippen molar-refractivity contribution >= 4 is 17.1 Å². The number of carbonyl (C=O) groups excluding carboxylic acids is 1. The molecule has 2 amide bonds. The molecule has 0 aliphatic heterocycles. The lowest BCUT2D eigenvalue weighted by atomic mass is 10.1. The standard InChI is InChI=1S/C20H22N4O2/c1-26-15-10-6-13(7-11-15)12-18(24-20(25)21-14-8-9-14)19-22-16-4-2-3-5-17(16)23-19/h2-7,10-11,14,18H,8-9,12H2,1H3,(H,22,23)(H2,21,24,25)/t18-/m1/s1. The van der Waals surface area contributed by atoms with E-state index in [1.807, 2.05) is 48.5 Å². The summed E-state index contributed by atoms with van der Waals surface area (Å²) in [5, 5.41) is 6.05. The Bertz CT molecular complexity index is 867. The number of ether oxygens (including phenoxy) is 1. The number of hydrogen-bond donors (Lipinski definition) is 3. The molecule has 1 fully saturated rings. The van der Waals surface area contributed by atoms with Crippen molar-refractivity contribution in [2.45, 2.75) is 31.3 Å². The number of aromatic amines is 1. The van der Waals surface area contributed by atoms with E-state index >= 15 is 0 Å². The summed E-state index contributed by atoms with van der Waals surface area (Å²) in [4.78, 5) is 20.3. The quantitative estimate of drug-likeness (QED) is 0.638. The Hall–Kier alpha value is -3.02. The summed E-state index contributed by atoms with van der Waals surface area (Å²) < 4.78 is 5.22. The van der Waals surface area contributed by atoms with Crippen LogP contribution in [-0.2, 0) is 6.42 Å². The fourth-order valence-corrected chi connectivity index (χ4v) is 2.96. The first-order valence-corrected chi connectivity index (χ1v) is 8.86. The normalized spacial score (nSPS) is 14.8. The average Bonchev–Trinajstić information content (AvgIpc) is 3.35. The van der Waals surface area contributed by atoms with Gasteiger partial charge in [-0.05, 0) is 49.1 Å². The van der Waals surface area contributed by atoms with Crippen LogP contribution in [0.1, 0.15) is 30.3 Å². The van der Waals surface area contributed by atoms with E-state index in [2.05, 4.69) is 20.6 Å². The van der Waals surface area contributed by atoms with E-state index in [1.165, 1.54) is 0 Å². The van der Waals surface area contributed by atoms with Crippen molar-refractivity contribution in [1.29, 1.82) is 0 Å². The van der Waals surface area contributed by atoms with Gasteiger partial charge in [0.25, 0.3) is 0 Å². The molecule has 0 saturated heterocycles. The number of rotatable bonds is 6. The fraction of sp³-hybridized carbons (Fsp3) is 0.300. The second-order valence-electron chi connectivity index (χ2n) is 6.64. The van der Waals surface area contributed by atoms with Crippen LogP contribution in [0.15, 0.2) is 48.5 Å². The Kier molecular flexibility index (Phi) is 4.48. The van der Waals surface area contributed by atoms with E-state index in [0.717, 1.165) is 41.0 Å². The molecule has 0 radical (unpaired) electrons. The van der Waals surface area contributed by atoms with Gasteiger partial charge in [-0.25, -0.2) is 9.78 Å². The first-order chi connectivity index (χ1) is 12.7. The average molecular weight is 350 g/mol. The molecule has 0 spiro atoms. The second-order valence-corrected chi connectivity index (χ2v) is 6.64. The minimum atomic E-state index is -0.241. The Balaban J connectivity index is 1.57. The van der Waals surface area contributed by atoms with Crippen molar-refractivity contribution in [3.05, 3.63) is 59.9 Å². The molecule has 1 atom stereocenters. The van der Waals surface area contributed by atoms with Gasteiger partial charge < -0.3 is 20.4 Å². The zero-order valence-corrected chi connectivity index (χ0v) is 14.7. The third kappa shape index (κ3) is 3.79. The number of para-hydroxylation sites is 2. The summed E-state index contributed by atoms with van der Waals surface area (Å²) in [5.41, 5.74) is 2.96. The van der Waals surface area contributed by atoms with Crippen molar-refractivity contribution in [3.63, 3.8) is 0 Å². The van der Waals surface area contributed by atoms with Gasteiger partial charge in [-0.3, -0.25) is 0 Å². The molecule has 0 bridgehead atoms. The van der Waals surface area contributed by atoms with Gasteiger partial charge in [0.15, 0.2) is 0 Å². The molecule has 2 aromatic carbocycles. The molecule has 1 aromatic heterocycles. The van der Waals surface area contributed by atoms with Crippen LogP contribution in [0.2, 0.25) is 0 Å². The molecule has 1 aliphatic rings. The molecule has 6 nitrogen and oxygen atoms in total. The number of carbonyl (C=O) groups is 1. The van der Waals surface area contributed by atoms with Crippen LogP contribution in [0.5, 0.6) is 5.75 Å². The number of amides is 2. The Morgan fingerprint density at radius 3 is 2.69 bits per heavy atom.